The summed E-state index contributed by atoms with van der Waals surface area (Å²) < 4.78 is 33.3. The third kappa shape index (κ3) is 8.47. The van der Waals surface area contributed by atoms with Crippen LogP contribution in [0.25, 0.3) is 0 Å². The van der Waals surface area contributed by atoms with E-state index in [0.29, 0.717) is 5.92 Å². The lowest BCUT2D eigenvalue weighted by atomic mass is 9.98. The Morgan fingerprint density at radius 2 is 1.96 bits per heavy atom. The first-order valence-corrected chi connectivity index (χ1v) is 8.12. The number of carbonyl (C=O) groups is 2. The van der Waals surface area contributed by atoms with Gasteiger partial charge in [0.15, 0.2) is 0 Å². The smallest absolute Gasteiger partial charge is 0.475 e. The molecule has 12 heteroatoms. The topological polar surface area (TPSA) is 122 Å². The van der Waals surface area contributed by atoms with Crippen LogP contribution in [0.1, 0.15) is 31.9 Å². The molecular formula is C16H21F3N6O3. The molecule has 1 atom stereocenters. The first-order valence-electron chi connectivity index (χ1n) is 8.12. The van der Waals surface area contributed by atoms with Gasteiger partial charge in [-0.2, -0.15) is 13.2 Å². The number of carboxylic acid groups (broad SMARTS) is 1. The van der Waals surface area contributed by atoms with Crippen molar-refractivity contribution in [2.45, 2.75) is 32.5 Å². The van der Waals surface area contributed by atoms with E-state index in [2.05, 4.69) is 39.5 Å². The molecule has 0 fully saturated rings. The lowest BCUT2D eigenvalue weighted by Gasteiger charge is -2.20. The van der Waals surface area contributed by atoms with Gasteiger partial charge in [0.25, 0.3) is 0 Å². The molecule has 2 amide bonds. The molecule has 28 heavy (non-hydrogen) atoms. The Morgan fingerprint density at radius 3 is 2.39 bits per heavy atom. The van der Waals surface area contributed by atoms with Gasteiger partial charge in [-0.05, 0) is 24.0 Å². The Labute approximate surface area is 159 Å². The fourth-order valence-electron chi connectivity index (χ4n) is 2.02. The molecule has 3 N–H and O–H groups in total. The first-order chi connectivity index (χ1) is 13.0. The summed E-state index contributed by atoms with van der Waals surface area (Å²) >= 11 is 0. The maximum absolute atomic E-state index is 12.1. The maximum atomic E-state index is 12.1. The number of urea groups is 1. The van der Waals surface area contributed by atoms with Crippen LogP contribution in [0.3, 0.4) is 0 Å². The normalized spacial score (nSPS) is 12.0. The minimum absolute atomic E-state index is 0.0950. The van der Waals surface area contributed by atoms with Crippen LogP contribution in [-0.2, 0) is 11.8 Å². The second-order valence-electron chi connectivity index (χ2n) is 6.11. The van der Waals surface area contributed by atoms with Crippen molar-refractivity contribution >= 4 is 17.9 Å². The second kappa shape index (κ2) is 10.2. The van der Waals surface area contributed by atoms with Crippen molar-refractivity contribution in [2.75, 3.05) is 5.32 Å². The number of halogens is 3. The maximum Gasteiger partial charge on any atom is 0.490 e. The quantitative estimate of drug-likeness (QED) is 0.707. The summed E-state index contributed by atoms with van der Waals surface area (Å²) in [7, 11) is 1.74. The number of rotatable bonds is 5. The van der Waals surface area contributed by atoms with E-state index < -0.39 is 12.1 Å². The number of anilines is 1. The van der Waals surface area contributed by atoms with E-state index in [1.807, 2.05) is 12.1 Å². The second-order valence-corrected chi connectivity index (χ2v) is 6.11. The Kier molecular flexibility index (Phi) is 8.35. The number of hydrogen-bond donors (Lipinski definition) is 3. The van der Waals surface area contributed by atoms with Gasteiger partial charge < -0.3 is 10.4 Å². The third-order valence-corrected chi connectivity index (χ3v) is 3.17. The predicted molar refractivity (Wildman–Crippen MR) is 93.3 cm³/mol. The molecular weight excluding hydrogens is 381 g/mol. The summed E-state index contributed by atoms with van der Waals surface area (Å²) in [6, 6.07) is 3.40. The van der Waals surface area contributed by atoms with Crippen LogP contribution in [0.15, 0.2) is 30.9 Å². The van der Waals surface area contributed by atoms with Gasteiger partial charge in [0.1, 0.15) is 6.33 Å². The molecule has 2 heterocycles. The van der Waals surface area contributed by atoms with Crippen molar-refractivity contribution < 1.29 is 27.9 Å². The number of hydrogen-bond acceptors (Lipinski definition) is 5. The highest BCUT2D eigenvalue weighted by Gasteiger charge is 2.38. The fraction of sp³-hybridized carbons (Fsp3) is 0.438. The van der Waals surface area contributed by atoms with E-state index >= 15 is 0 Å². The molecule has 0 saturated carbocycles. The van der Waals surface area contributed by atoms with Crippen LogP contribution >= 0.6 is 0 Å². The Morgan fingerprint density at radius 1 is 1.32 bits per heavy atom. The fourth-order valence-corrected chi connectivity index (χ4v) is 2.02. The van der Waals surface area contributed by atoms with Crippen LogP contribution in [0.2, 0.25) is 0 Å². The van der Waals surface area contributed by atoms with Crippen molar-refractivity contribution in [3.05, 3.63) is 36.4 Å². The summed E-state index contributed by atoms with van der Waals surface area (Å²) in [6.07, 6.45) is 0.761. The lowest BCUT2D eigenvalue weighted by molar-refractivity contribution is -0.192. The van der Waals surface area contributed by atoms with E-state index in [1.54, 1.807) is 19.4 Å². The molecule has 0 spiro atoms. The number of nitrogens with one attached hydrogen (secondary N) is 2. The zero-order chi connectivity index (χ0) is 21.3. The minimum atomic E-state index is -5.08. The number of nitrogens with zero attached hydrogens (tertiary/aromatic N) is 4. The average Bonchev–Trinajstić information content (AvgIpc) is 2.99. The van der Waals surface area contributed by atoms with E-state index in [-0.39, 0.29) is 18.0 Å². The molecule has 2 aromatic rings. The SMILES string of the molecule is CC(C)CC(NC(=O)Nc1ncn(C)n1)c1cccnc1.O=C(O)C(F)(F)F. The highest BCUT2D eigenvalue weighted by molar-refractivity contribution is 5.87. The lowest BCUT2D eigenvalue weighted by Crippen LogP contribution is -2.33. The predicted octanol–water partition coefficient (Wildman–Crippen LogP) is 2.75. The molecule has 1 unspecified atom stereocenters. The summed E-state index contributed by atoms with van der Waals surface area (Å²) in [5, 5.41) is 16.7. The molecule has 2 rings (SSSR count). The molecule has 154 valence electrons. The van der Waals surface area contributed by atoms with Gasteiger partial charge >= 0.3 is 18.2 Å². The van der Waals surface area contributed by atoms with Crippen molar-refractivity contribution in [3.63, 3.8) is 0 Å². The Balaban J connectivity index is 0.000000480. The van der Waals surface area contributed by atoms with E-state index in [0.717, 1.165) is 12.0 Å². The van der Waals surface area contributed by atoms with E-state index in [4.69, 9.17) is 9.90 Å². The Hall–Kier alpha value is -3.18. The standard InChI is InChI=1S/C14H20N6O.C2HF3O2/c1-10(2)7-12(11-5-4-6-15-8-11)17-14(21)18-13-16-9-20(3)19-13;3-2(4,5)1(6)7/h4-6,8-10,12H,7H2,1-3H3,(H2,17,18,19,21);(H,6,7). The molecule has 0 radical (unpaired) electrons. The van der Waals surface area contributed by atoms with Gasteiger partial charge in [-0.3, -0.25) is 15.0 Å². The van der Waals surface area contributed by atoms with Crippen LogP contribution in [0.4, 0.5) is 23.9 Å². The van der Waals surface area contributed by atoms with Crippen LogP contribution in [0, 0.1) is 5.92 Å². The van der Waals surface area contributed by atoms with Gasteiger partial charge in [0.2, 0.25) is 5.95 Å². The average molecular weight is 402 g/mol. The molecule has 0 bridgehead atoms. The number of aromatic nitrogens is 4. The molecule has 0 aliphatic carbocycles. The molecule has 0 saturated heterocycles. The van der Waals surface area contributed by atoms with Gasteiger partial charge in [0, 0.05) is 19.4 Å². The molecule has 0 aliphatic rings. The summed E-state index contributed by atoms with van der Waals surface area (Å²) in [5.41, 5.74) is 0.982. The number of aryl methyl sites for hydroxylation is 1. The molecule has 9 nitrogen and oxygen atoms in total. The summed E-state index contributed by atoms with van der Waals surface area (Å²) in [4.78, 5) is 29.0. The van der Waals surface area contributed by atoms with Crippen LogP contribution < -0.4 is 10.6 Å². The zero-order valence-electron chi connectivity index (χ0n) is 15.4. The van der Waals surface area contributed by atoms with Gasteiger partial charge in [-0.15, -0.1) is 5.10 Å². The highest BCUT2D eigenvalue weighted by atomic mass is 19.4. The van der Waals surface area contributed by atoms with Crippen LogP contribution in [-0.4, -0.2) is 43.0 Å². The number of alkyl halides is 3. The molecule has 0 aliphatic heterocycles. The zero-order valence-corrected chi connectivity index (χ0v) is 15.4. The number of carboxylic acids is 1. The van der Waals surface area contributed by atoms with Crippen molar-refractivity contribution in [1.29, 1.82) is 0 Å². The third-order valence-electron chi connectivity index (χ3n) is 3.17. The molecule has 2 aromatic heterocycles. The minimum Gasteiger partial charge on any atom is -0.475 e. The van der Waals surface area contributed by atoms with Crippen molar-refractivity contribution in [2.24, 2.45) is 13.0 Å². The van der Waals surface area contributed by atoms with Crippen LogP contribution in [0.5, 0.6) is 0 Å². The molecule has 0 aromatic carbocycles. The van der Waals surface area contributed by atoms with Gasteiger partial charge in [-0.25, -0.2) is 14.6 Å². The van der Waals surface area contributed by atoms with Gasteiger partial charge in [-0.1, -0.05) is 19.9 Å². The van der Waals surface area contributed by atoms with Gasteiger partial charge in [0.05, 0.1) is 6.04 Å². The van der Waals surface area contributed by atoms with Crippen molar-refractivity contribution in [3.8, 4) is 0 Å². The first kappa shape index (κ1) is 22.9. The Bertz CT molecular complexity index is 764. The number of amides is 2. The van der Waals surface area contributed by atoms with E-state index in [1.165, 1.54) is 11.0 Å². The number of aliphatic carboxylic acids is 1. The number of pyridine rings is 1. The largest absolute Gasteiger partial charge is 0.490 e. The summed E-state index contributed by atoms with van der Waals surface area (Å²) in [5.74, 6) is -2.03. The highest BCUT2D eigenvalue weighted by Crippen LogP contribution is 2.20. The van der Waals surface area contributed by atoms with E-state index in [9.17, 15) is 18.0 Å². The van der Waals surface area contributed by atoms with Crippen molar-refractivity contribution in [1.82, 2.24) is 25.1 Å². The summed E-state index contributed by atoms with van der Waals surface area (Å²) in [6.45, 7) is 4.23. The monoisotopic (exact) mass is 402 g/mol. The number of carbonyl (C=O) groups excluding carboxylic acids is 1.